The molecular weight excluding hydrogens is 172 g/mol. The molecule has 2 heteroatoms. The first kappa shape index (κ1) is 13.1. The van der Waals surface area contributed by atoms with Crippen LogP contribution < -0.4 is 0 Å². The van der Waals surface area contributed by atoms with Crippen LogP contribution in [-0.2, 0) is 6.42 Å². The summed E-state index contributed by atoms with van der Waals surface area (Å²) in [5.74, 6) is 0. The highest BCUT2D eigenvalue weighted by Gasteiger charge is 1.89. The molecule has 0 radical (unpaired) electrons. The predicted molar refractivity (Wildman–Crippen MR) is 61.2 cm³/mol. The van der Waals surface area contributed by atoms with Gasteiger partial charge < -0.3 is 0 Å². The van der Waals surface area contributed by atoms with Crippen LogP contribution in [0.25, 0.3) is 0 Å². The van der Waals surface area contributed by atoms with E-state index in [-0.39, 0.29) is 0 Å². The lowest BCUT2D eigenvalue weighted by Crippen LogP contribution is -1.86. The van der Waals surface area contributed by atoms with E-state index < -0.39 is 0 Å². The third-order valence-corrected chi connectivity index (χ3v) is 1.96. The van der Waals surface area contributed by atoms with Crippen LogP contribution in [0.2, 0.25) is 0 Å². The molecule has 0 unspecified atom stereocenters. The zero-order chi connectivity index (χ0) is 10.6. The van der Waals surface area contributed by atoms with Gasteiger partial charge in [-0.1, -0.05) is 40.0 Å². The molecule has 0 aliphatic heterocycles. The molecule has 1 rings (SSSR count). The SMILES string of the molecule is CCCC.CCCCc1ccnnc1. The second-order valence-corrected chi connectivity index (χ2v) is 3.35. The van der Waals surface area contributed by atoms with Gasteiger partial charge in [-0.2, -0.15) is 10.2 Å². The molecule has 80 valence electrons. The van der Waals surface area contributed by atoms with E-state index in [9.17, 15) is 0 Å². The first-order valence-corrected chi connectivity index (χ1v) is 5.60. The van der Waals surface area contributed by atoms with Crippen molar-refractivity contribution in [3.8, 4) is 0 Å². The first-order valence-electron chi connectivity index (χ1n) is 5.60. The molecule has 0 bridgehead atoms. The molecular formula is C12H22N2. The fourth-order valence-corrected chi connectivity index (χ4v) is 0.847. The maximum absolute atomic E-state index is 3.79. The van der Waals surface area contributed by atoms with Crippen molar-refractivity contribution in [2.45, 2.75) is 52.9 Å². The zero-order valence-corrected chi connectivity index (χ0v) is 9.66. The maximum atomic E-state index is 3.79. The van der Waals surface area contributed by atoms with Gasteiger partial charge in [-0.05, 0) is 24.5 Å². The van der Waals surface area contributed by atoms with E-state index in [1.54, 1.807) is 6.20 Å². The number of aromatic nitrogens is 2. The topological polar surface area (TPSA) is 25.8 Å². The number of hydrogen-bond acceptors (Lipinski definition) is 2. The molecule has 0 saturated carbocycles. The van der Waals surface area contributed by atoms with Crippen molar-refractivity contribution in [2.24, 2.45) is 0 Å². The lowest BCUT2D eigenvalue weighted by Gasteiger charge is -1.94. The van der Waals surface area contributed by atoms with Gasteiger partial charge in [0.25, 0.3) is 0 Å². The standard InChI is InChI=1S/C8H12N2.C4H10/c1-2-3-4-8-5-6-9-10-7-8;1-3-4-2/h5-7H,2-4H2,1H3;3-4H2,1-2H3. The Bertz CT molecular complexity index is 195. The summed E-state index contributed by atoms with van der Waals surface area (Å²) in [5.41, 5.74) is 1.29. The van der Waals surface area contributed by atoms with Gasteiger partial charge in [-0.3, -0.25) is 0 Å². The number of aryl methyl sites for hydroxylation is 1. The van der Waals surface area contributed by atoms with E-state index in [0.717, 1.165) is 6.42 Å². The van der Waals surface area contributed by atoms with E-state index in [1.165, 1.54) is 31.2 Å². The van der Waals surface area contributed by atoms with Gasteiger partial charge >= 0.3 is 0 Å². The Morgan fingerprint density at radius 1 is 1.00 bits per heavy atom. The monoisotopic (exact) mass is 194 g/mol. The molecule has 1 heterocycles. The summed E-state index contributed by atoms with van der Waals surface area (Å²) in [5, 5.41) is 7.49. The fourth-order valence-electron chi connectivity index (χ4n) is 0.847. The maximum Gasteiger partial charge on any atom is 0.0528 e. The third kappa shape index (κ3) is 7.71. The van der Waals surface area contributed by atoms with Crippen molar-refractivity contribution in [3.05, 3.63) is 24.0 Å². The van der Waals surface area contributed by atoms with Crippen LogP contribution in [-0.4, -0.2) is 10.2 Å². The second kappa shape index (κ2) is 10.2. The molecule has 0 saturated heterocycles. The van der Waals surface area contributed by atoms with Crippen molar-refractivity contribution in [1.29, 1.82) is 0 Å². The second-order valence-electron chi connectivity index (χ2n) is 3.35. The van der Waals surface area contributed by atoms with Gasteiger partial charge in [0.05, 0.1) is 6.20 Å². The Balaban J connectivity index is 0.000000364. The number of unbranched alkanes of at least 4 members (excludes halogenated alkanes) is 2. The third-order valence-electron chi connectivity index (χ3n) is 1.96. The van der Waals surface area contributed by atoms with Crippen LogP contribution >= 0.6 is 0 Å². The summed E-state index contributed by atoms with van der Waals surface area (Å²) < 4.78 is 0. The largest absolute Gasteiger partial charge is 0.159 e. The van der Waals surface area contributed by atoms with Crippen LogP contribution in [0.3, 0.4) is 0 Å². The predicted octanol–water partition coefficient (Wildman–Crippen LogP) is 3.63. The van der Waals surface area contributed by atoms with Crippen molar-refractivity contribution >= 4 is 0 Å². The molecule has 14 heavy (non-hydrogen) atoms. The van der Waals surface area contributed by atoms with Crippen molar-refractivity contribution in [1.82, 2.24) is 10.2 Å². The van der Waals surface area contributed by atoms with E-state index >= 15 is 0 Å². The molecule has 0 spiro atoms. The van der Waals surface area contributed by atoms with Gasteiger partial charge in [0.15, 0.2) is 0 Å². The summed E-state index contributed by atoms with van der Waals surface area (Å²) in [6, 6.07) is 2.02. The molecule has 0 N–H and O–H groups in total. The highest BCUT2D eigenvalue weighted by Crippen LogP contribution is 2.00. The average molecular weight is 194 g/mol. The number of hydrogen-bond donors (Lipinski definition) is 0. The molecule has 0 aliphatic rings. The van der Waals surface area contributed by atoms with Crippen molar-refractivity contribution in [3.63, 3.8) is 0 Å². The van der Waals surface area contributed by atoms with Gasteiger partial charge in [0.1, 0.15) is 0 Å². The molecule has 0 aromatic carbocycles. The highest BCUT2D eigenvalue weighted by molar-refractivity contribution is 5.04. The van der Waals surface area contributed by atoms with Crippen molar-refractivity contribution in [2.75, 3.05) is 0 Å². The van der Waals surface area contributed by atoms with Gasteiger partial charge in [-0.15, -0.1) is 0 Å². The minimum Gasteiger partial charge on any atom is -0.159 e. The van der Waals surface area contributed by atoms with Crippen molar-refractivity contribution < 1.29 is 0 Å². The Morgan fingerprint density at radius 2 is 1.71 bits per heavy atom. The van der Waals surface area contributed by atoms with Crippen LogP contribution in [0.5, 0.6) is 0 Å². The summed E-state index contributed by atoms with van der Waals surface area (Å²) in [4.78, 5) is 0. The fraction of sp³-hybridized carbons (Fsp3) is 0.667. The summed E-state index contributed by atoms with van der Waals surface area (Å²) >= 11 is 0. The molecule has 0 amide bonds. The molecule has 0 fully saturated rings. The van der Waals surface area contributed by atoms with Crippen LogP contribution in [0, 0.1) is 0 Å². The van der Waals surface area contributed by atoms with Crippen LogP contribution in [0.1, 0.15) is 52.0 Å². The highest BCUT2D eigenvalue weighted by atomic mass is 15.1. The van der Waals surface area contributed by atoms with E-state index in [4.69, 9.17) is 0 Å². The molecule has 0 aliphatic carbocycles. The van der Waals surface area contributed by atoms with Gasteiger partial charge in [0, 0.05) is 6.20 Å². The van der Waals surface area contributed by atoms with Gasteiger partial charge in [0.2, 0.25) is 0 Å². The summed E-state index contributed by atoms with van der Waals surface area (Å²) in [6.45, 7) is 6.55. The molecule has 1 aromatic rings. The Hall–Kier alpha value is -0.920. The lowest BCUT2D eigenvalue weighted by molar-refractivity contribution is 0.787. The molecule has 2 nitrogen and oxygen atoms in total. The minimum absolute atomic E-state index is 1.13. The minimum atomic E-state index is 1.13. The molecule has 1 aromatic heterocycles. The summed E-state index contributed by atoms with van der Waals surface area (Å²) in [6.07, 6.45) is 9.82. The summed E-state index contributed by atoms with van der Waals surface area (Å²) in [7, 11) is 0. The first-order chi connectivity index (χ1) is 6.85. The van der Waals surface area contributed by atoms with E-state index in [0.29, 0.717) is 0 Å². The Morgan fingerprint density at radius 3 is 2.14 bits per heavy atom. The lowest BCUT2D eigenvalue weighted by atomic mass is 10.1. The normalized spacial score (nSPS) is 9.07. The number of rotatable bonds is 4. The molecule has 0 atom stereocenters. The van der Waals surface area contributed by atoms with Crippen LogP contribution in [0.15, 0.2) is 18.5 Å². The Kier molecular flexibility index (Phi) is 9.49. The van der Waals surface area contributed by atoms with E-state index in [2.05, 4.69) is 31.0 Å². The number of nitrogens with zero attached hydrogens (tertiary/aromatic N) is 2. The quantitative estimate of drug-likeness (QED) is 0.731. The average Bonchev–Trinajstić information content (AvgIpc) is 2.28. The van der Waals surface area contributed by atoms with Gasteiger partial charge in [-0.25, -0.2) is 0 Å². The van der Waals surface area contributed by atoms with Crippen LogP contribution in [0.4, 0.5) is 0 Å². The Labute approximate surface area is 87.8 Å². The zero-order valence-electron chi connectivity index (χ0n) is 9.66. The van der Waals surface area contributed by atoms with E-state index in [1.807, 2.05) is 12.3 Å². The smallest absolute Gasteiger partial charge is 0.0528 e.